The molecule has 4 heteroatoms. The molecular formula is C17H27N3O. The molecule has 0 radical (unpaired) electrons. The number of rotatable bonds is 6. The summed E-state index contributed by atoms with van der Waals surface area (Å²) in [6.45, 7) is 7.76. The summed E-state index contributed by atoms with van der Waals surface area (Å²) >= 11 is 0. The Morgan fingerprint density at radius 3 is 2.67 bits per heavy atom. The van der Waals surface area contributed by atoms with Gasteiger partial charge >= 0.3 is 0 Å². The van der Waals surface area contributed by atoms with Crippen LogP contribution in [0, 0.1) is 5.92 Å². The first-order chi connectivity index (χ1) is 10.1. The molecule has 2 atom stereocenters. The lowest BCUT2D eigenvalue weighted by molar-refractivity contribution is -0.122. The van der Waals surface area contributed by atoms with Crippen LogP contribution in [0.25, 0.3) is 0 Å². The van der Waals surface area contributed by atoms with Crippen molar-refractivity contribution in [3.05, 3.63) is 35.9 Å². The summed E-state index contributed by atoms with van der Waals surface area (Å²) in [5, 5.41) is 3.09. The number of nitrogens with two attached hydrogens (primary N) is 1. The molecule has 0 spiro atoms. The lowest BCUT2D eigenvalue weighted by Gasteiger charge is -2.21. The van der Waals surface area contributed by atoms with E-state index >= 15 is 0 Å². The van der Waals surface area contributed by atoms with E-state index in [1.165, 1.54) is 0 Å². The van der Waals surface area contributed by atoms with Crippen molar-refractivity contribution in [1.29, 1.82) is 0 Å². The summed E-state index contributed by atoms with van der Waals surface area (Å²) in [6, 6.07) is 10.4. The summed E-state index contributed by atoms with van der Waals surface area (Å²) in [4.78, 5) is 14.8. The van der Waals surface area contributed by atoms with Crippen LogP contribution in [0.1, 0.15) is 31.7 Å². The van der Waals surface area contributed by atoms with Crippen LogP contribution in [-0.4, -0.2) is 43.0 Å². The van der Waals surface area contributed by atoms with E-state index in [9.17, 15) is 4.79 Å². The van der Waals surface area contributed by atoms with Gasteiger partial charge in [0.2, 0.25) is 5.91 Å². The van der Waals surface area contributed by atoms with Gasteiger partial charge in [0.05, 0.1) is 5.92 Å². The Kier molecular flexibility index (Phi) is 5.76. The van der Waals surface area contributed by atoms with Crippen molar-refractivity contribution >= 4 is 5.91 Å². The molecule has 2 unspecified atom stereocenters. The maximum atomic E-state index is 12.3. The van der Waals surface area contributed by atoms with Gasteiger partial charge in [-0.15, -0.1) is 0 Å². The monoisotopic (exact) mass is 289 g/mol. The van der Waals surface area contributed by atoms with Crippen LogP contribution in [0.3, 0.4) is 0 Å². The Hall–Kier alpha value is -1.39. The Morgan fingerprint density at radius 1 is 1.38 bits per heavy atom. The highest BCUT2D eigenvalue weighted by Gasteiger charge is 2.25. The van der Waals surface area contributed by atoms with Crippen LogP contribution in [0.2, 0.25) is 0 Å². The highest BCUT2D eigenvalue weighted by atomic mass is 16.1. The molecule has 0 aliphatic carbocycles. The standard InChI is InChI=1S/C17H27N3O/c1-13(2)20-9-8-14(12-20)11-19-17(21)16(10-18)15-6-4-3-5-7-15/h3-7,13-14,16H,8-12,18H2,1-2H3,(H,19,21). The van der Waals surface area contributed by atoms with E-state index < -0.39 is 0 Å². The summed E-state index contributed by atoms with van der Waals surface area (Å²) in [5.74, 6) is 0.367. The largest absolute Gasteiger partial charge is 0.355 e. The number of nitrogens with one attached hydrogen (secondary N) is 1. The molecule has 1 fully saturated rings. The zero-order chi connectivity index (χ0) is 15.2. The fraction of sp³-hybridized carbons (Fsp3) is 0.588. The van der Waals surface area contributed by atoms with Crippen LogP contribution in [0.15, 0.2) is 30.3 Å². The highest BCUT2D eigenvalue weighted by Crippen LogP contribution is 2.19. The van der Waals surface area contributed by atoms with E-state index in [1.54, 1.807) is 0 Å². The van der Waals surface area contributed by atoms with E-state index in [1.807, 2.05) is 30.3 Å². The molecule has 1 aromatic carbocycles. The van der Waals surface area contributed by atoms with Gasteiger partial charge in [0.15, 0.2) is 0 Å². The molecule has 1 aliphatic heterocycles. The number of likely N-dealkylation sites (tertiary alicyclic amines) is 1. The maximum Gasteiger partial charge on any atom is 0.228 e. The SMILES string of the molecule is CC(C)N1CCC(CNC(=O)C(CN)c2ccccc2)C1. The highest BCUT2D eigenvalue weighted by molar-refractivity contribution is 5.83. The van der Waals surface area contributed by atoms with E-state index in [2.05, 4.69) is 24.1 Å². The molecule has 4 nitrogen and oxygen atoms in total. The van der Waals surface area contributed by atoms with Crippen LogP contribution in [-0.2, 0) is 4.79 Å². The second-order valence-electron chi connectivity index (χ2n) is 6.19. The van der Waals surface area contributed by atoms with Crippen LogP contribution >= 0.6 is 0 Å². The average molecular weight is 289 g/mol. The molecule has 3 N–H and O–H groups in total. The molecule has 0 aromatic heterocycles. The smallest absolute Gasteiger partial charge is 0.228 e. The van der Waals surface area contributed by atoms with E-state index in [0.717, 1.165) is 31.6 Å². The number of hydrogen-bond acceptors (Lipinski definition) is 3. The van der Waals surface area contributed by atoms with Crippen molar-refractivity contribution < 1.29 is 4.79 Å². The van der Waals surface area contributed by atoms with Crippen molar-refractivity contribution in [3.63, 3.8) is 0 Å². The van der Waals surface area contributed by atoms with Gasteiger partial charge in [-0.2, -0.15) is 0 Å². The van der Waals surface area contributed by atoms with Crippen molar-refractivity contribution in [2.45, 2.75) is 32.2 Å². The Labute approximate surface area is 127 Å². The van der Waals surface area contributed by atoms with E-state index in [4.69, 9.17) is 5.73 Å². The molecule has 1 aliphatic rings. The van der Waals surface area contributed by atoms with E-state index in [-0.39, 0.29) is 11.8 Å². The van der Waals surface area contributed by atoms with Gasteiger partial charge in [-0.25, -0.2) is 0 Å². The molecule has 1 amide bonds. The number of hydrogen-bond donors (Lipinski definition) is 2. The first-order valence-electron chi connectivity index (χ1n) is 7.88. The number of benzene rings is 1. The lowest BCUT2D eigenvalue weighted by atomic mass is 9.98. The third-order valence-corrected chi connectivity index (χ3v) is 4.37. The molecule has 0 bridgehead atoms. The van der Waals surface area contributed by atoms with E-state index in [0.29, 0.717) is 18.5 Å². The fourth-order valence-corrected chi connectivity index (χ4v) is 2.95. The first kappa shape index (κ1) is 16.0. The minimum absolute atomic E-state index is 0.0479. The second-order valence-corrected chi connectivity index (χ2v) is 6.19. The summed E-state index contributed by atoms with van der Waals surface area (Å²) in [7, 11) is 0. The summed E-state index contributed by atoms with van der Waals surface area (Å²) in [6.07, 6.45) is 1.16. The molecule has 1 aromatic rings. The van der Waals surface area contributed by atoms with Crippen molar-refractivity contribution in [2.75, 3.05) is 26.2 Å². The Balaban J connectivity index is 1.84. The predicted molar refractivity (Wildman–Crippen MR) is 86.1 cm³/mol. The molecule has 2 rings (SSSR count). The second kappa shape index (κ2) is 7.57. The van der Waals surface area contributed by atoms with Crippen molar-refractivity contribution in [2.24, 2.45) is 11.7 Å². The zero-order valence-corrected chi connectivity index (χ0v) is 13.1. The topological polar surface area (TPSA) is 58.4 Å². The maximum absolute atomic E-state index is 12.3. The third kappa shape index (κ3) is 4.29. The van der Waals surface area contributed by atoms with Gasteiger partial charge in [-0.05, 0) is 38.3 Å². The van der Waals surface area contributed by atoms with Crippen molar-refractivity contribution in [3.8, 4) is 0 Å². The summed E-state index contributed by atoms with van der Waals surface area (Å²) < 4.78 is 0. The zero-order valence-electron chi connectivity index (χ0n) is 13.1. The van der Waals surface area contributed by atoms with Crippen LogP contribution in [0.4, 0.5) is 0 Å². The fourth-order valence-electron chi connectivity index (χ4n) is 2.95. The minimum Gasteiger partial charge on any atom is -0.355 e. The first-order valence-corrected chi connectivity index (χ1v) is 7.88. The van der Waals surface area contributed by atoms with Gasteiger partial charge in [0.25, 0.3) is 0 Å². The quantitative estimate of drug-likeness (QED) is 0.836. The third-order valence-electron chi connectivity index (χ3n) is 4.37. The Morgan fingerprint density at radius 2 is 2.10 bits per heavy atom. The summed E-state index contributed by atoms with van der Waals surface area (Å²) in [5.41, 5.74) is 6.78. The normalized spacial score (nSPS) is 20.7. The number of carbonyl (C=O) groups is 1. The lowest BCUT2D eigenvalue weighted by Crippen LogP contribution is -2.37. The Bertz CT molecular complexity index is 447. The van der Waals surface area contributed by atoms with Gasteiger partial charge in [-0.1, -0.05) is 30.3 Å². The van der Waals surface area contributed by atoms with Crippen molar-refractivity contribution in [1.82, 2.24) is 10.2 Å². The van der Waals surface area contributed by atoms with Gasteiger partial charge in [0.1, 0.15) is 0 Å². The van der Waals surface area contributed by atoms with Gasteiger partial charge in [-0.3, -0.25) is 4.79 Å². The number of carbonyl (C=O) groups excluding carboxylic acids is 1. The van der Waals surface area contributed by atoms with Crippen LogP contribution in [0.5, 0.6) is 0 Å². The molecule has 21 heavy (non-hydrogen) atoms. The minimum atomic E-state index is -0.242. The molecule has 0 saturated carbocycles. The van der Waals surface area contributed by atoms with Crippen LogP contribution < -0.4 is 11.1 Å². The molecule has 1 saturated heterocycles. The predicted octanol–water partition coefficient (Wildman–Crippen LogP) is 1.58. The number of amides is 1. The van der Waals surface area contributed by atoms with Gasteiger partial charge < -0.3 is 16.0 Å². The number of nitrogens with zero attached hydrogens (tertiary/aromatic N) is 1. The average Bonchev–Trinajstić information content (AvgIpc) is 2.96. The molecule has 116 valence electrons. The molecule has 1 heterocycles. The molecular weight excluding hydrogens is 262 g/mol. The van der Waals surface area contributed by atoms with Gasteiger partial charge in [0, 0.05) is 25.7 Å².